The highest BCUT2D eigenvalue weighted by Gasteiger charge is 2.37. The summed E-state index contributed by atoms with van der Waals surface area (Å²) in [6, 6.07) is 7.91. The molecule has 1 N–H and O–H groups in total. The van der Waals surface area contributed by atoms with Gasteiger partial charge < -0.3 is 5.32 Å². The number of halogens is 6. The third-order valence-electron chi connectivity index (χ3n) is 4.39. The van der Waals surface area contributed by atoms with Gasteiger partial charge in [0, 0.05) is 12.4 Å². The highest BCUT2D eigenvalue weighted by molar-refractivity contribution is 5.92. The summed E-state index contributed by atoms with van der Waals surface area (Å²) in [5, 5.41) is 11.2. The minimum absolute atomic E-state index is 0.0517. The van der Waals surface area contributed by atoms with Gasteiger partial charge in [0.25, 0.3) is 5.91 Å². The Labute approximate surface area is 177 Å². The predicted molar refractivity (Wildman–Crippen MR) is 98.9 cm³/mol. The number of nitriles is 1. The van der Waals surface area contributed by atoms with E-state index in [1.165, 1.54) is 12.1 Å². The van der Waals surface area contributed by atoms with Crippen molar-refractivity contribution in [1.29, 1.82) is 5.26 Å². The average Bonchev–Trinajstić information content (AvgIpc) is 2.76. The summed E-state index contributed by atoms with van der Waals surface area (Å²) < 4.78 is 79.3. The molecule has 11 heteroatoms. The van der Waals surface area contributed by atoms with Crippen LogP contribution in [0.3, 0.4) is 0 Å². The Morgan fingerprint density at radius 1 is 0.938 bits per heavy atom. The number of rotatable bonds is 4. The summed E-state index contributed by atoms with van der Waals surface area (Å²) in [6.07, 6.45) is -7.30. The molecule has 2 heterocycles. The SMILES string of the molecule is N#Cc1ccc(C(=O)N[C@@H](c2ccc(C(F)(F)F)cc2)c2ncccc2C(F)(F)F)nc1. The van der Waals surface area contributed by atoms with Crippen LogP contribution in [0.2, 0.25) is 0 Å². The van der Waals surface area contributed by atoms with E-state index in [-0.39, 0.29) is 16.8 Å². The van der Waals surface area contributed by atoms with Gasteiger partial charge in [0.2, 0.25) is 0 Å². The first kappa shape index (κ1) is 22.7. The number of alkyl halides is 6. The van der Waals surface area contributed by atoms with Crippen molar-refractivity contribution >= 4 is 5.91 Å². The van der Waals surface area contributed by atoms with Crippen LogP contribution < -0.4 is 5.32 Å². The van der Waals surface area contributed by atoms with Crippen molar-refractivity contribution in [1.82, 2.24) is 15.3 Å². The number of carbonyl (C=O) groups is 1. The number of benzene rings is 1. The fourth-order valence-corrected chi connectivity index (χ4v) is 2.86. The molecule has 0 aliphatic rings. The minimum Gasteiger partial charge on any atom is -0.338 e. The molecule has 0 spiro atoms. The Morgan fingerprint density at radius 2 is 1.62 bits per heavy atom. The van der Waals surface area contributed by atoms with E-state index >= 15 is 0 Å². The zero-order chi connectivity index (χ0) is 23.5. The van der Waals surface area contributed by atoms with Gasteiger partial charge in [-0.05, 0) is 42.0 Å². The number of nitrogens with one attached hydrogen (secondary N) is 1. The van der Waals surface area contributed by atoms with Crippen molar-refractivity contribution in [2.45, 2.75) is 18.4 Å². The maximum Gasteiger partial charge on any atom is 0.418 e. The van der Waals surface area contributed by atoms with Gasteiger partial charge in [-0.25, -0.2) is 4.98 Å². The fourth-order valence-electron chi connectivity index (χ4n) is 2.86. The van der Waals surface area contributed by atoms with Crippen molar-refractivity contribution in [3.8, 4) is 6.07 Å². The summed E-state index contributed by atoms with van der Waals surface area (Å²) in [4.78, 5) is 20.2. The first-order chi connectivity index (χ1) is 15.0. The normalized spacial score (nSPS) is 12.7. The molecule has 1 atom stereocenters. The van der Waals surface area contributed by atoms with Crippen molar-refractivity contribution in [3.63, 3.8) is 0 Å². The molecule has 164 valence electrons. The van der Waals surface area contributed by atoms with Crippen molar-refractivity contribution in [2.75, 3.05) is 0 Å². The summed E-state index contributed by atoms with van der Waals surface area (Å²) in [5.74, 6) is -0.904. The van der Waals surface area contributed by atoms with Gasteiger partial charge in [0.15, 0.2) is 0 Å². The number of nitrogens with zero attached hydrogens (tertiary/aromatic N) is 3. The lowest BCUT2D eigenvalue weighted by molar-refractivity contribution is -0.139. The molecular weight excluding hydrogens is 438 g/mol. The van der Waals surface area contributed by atoms with Crippen molar-refractivity contribution in [3.05, 3.63) is 94.6 Å². The van der Waals surface area contributed by atoms with Gasteiger partial charge in [-0.2, -0.15) is 31.6 Å². The second-order valence-corrected chi connectivity index (χ2v) is 6.50. The molecule has 3 rings (SSSR count). The van der Waals surface area contributed by atoms with E-state index in [0.717, 1.165) is 36.7 Å². The van der Waals surface area contributed by atoms with Crippen LogP contribution in [0.25, 0.3) is 0 Å². The smallest absolute Gasteiger partial charge is 0.338 e. The molecule has 0 saturated carbocycles. The molecule has 0 aliphatic heterocycles. The van der Waals surface area contributed by atoms with E-state index in [9.17, 15) is 31.1 Å². The summed E-state index contributed by atoms with van der Waals surface area (Å²) in [6.45, 7) is 0. The highest BCUT2D eigenvalue weighted by Crippen LogP contribution is 2.36. The van der Waals surface area contributed by atoms with Crippen molar-refractivity contribution < 1.29 is 31.1 Å². The first-order valence-corrected chi connectivity index (χ1v) is 8.87. The van der Waals surface area contributed by atoms with E-state index in [2.05, 4.69) is 15.3 Å². The Balaban J connectivity index is 2.06. The number of amides is 1. The van der Waals surface area contributed by atoms with Crippen LogP contribution >= 0.6 is 0 Å². The number of pyridine rings is 2. The number of hydrogen-bond donors (Lipinski definition) is 1. The van der Waals surface area contributed by atoms with Crippen molar-refractivity contribution in [2.24, 2.45) is 0 Å². The maximum atomic E-state index is 13.5. The summed E-state index contributed by atoms with van der Waals surface area (Å²) in [7, 11) is 0. The van der Waals surface area contributed by atoms with Gasteiger partial charge in [-0.15, -0.1) is 0 Å². The van der Waals surface area contributed by atoms with E-state index in [0.29, 0.717) is 12.1 Å². The van der Waals surface area contributed by atoms with Crippen LogP contribution in [0.5, 0.6) is 0 Å². The lowest BCUT2D eigenvalue weighted by atomic mass is 9.97. The molecule has 0 unspecified atom stereocenters. The van der Waals surface area contributed by atoms with Gasteiger partial charge in [0.05, 0.1) is 28.4 Å². The van der Waals surface area contributed by atoms with E-state index in [1.54, 1.807) is 6.07 Å². The van der Waals surface area contributed by atoms with Gasteiger partial charge in [-0.1, -0.05) is 12.1 Å². The molecule has 0 fully saturated rings. The molecular formula is C21H12F6N4O. The third-order valence-corrected chi connectivity index (χ3v) is 4.39. The quantitative estimate of drug-likeness (QED) is 0.574. The van der Waals surface area contributed by atoms with Gasteiger partial charge in [0.1, 0.15) is 11.8 Å². The number of carbonyl (C=O) groups excluding carboxylic acids is 1. The van der Waals surface area contributed by atoms with Crippen LogP contribution in [0, 0.1) is 11.3 Å². The maximum absolute atomic E-state index is 13.5. The molecule has 0 radical (unpaired) electrons. The molecule has 32 heavy (non-hydrogen) atoms. The summed E-state index contributed by atoms with van der Waals surface area (Å²) >= 11 is 0. The Morgan fingerprint density at radius 3 is 2.16 bits per heavy atom. The third kappa shape index (κ3) is 5.03. The molecule has 1 aromatic carbocycles. The average molecular weight is 450 g/mol. The Bertz CT molecular complexity index is 1150. The van der Waals surface area contributed by atoms with Crippen LogP contribution in [0.15, 0.2) is 60.9 Å². The largest absolute Gasteiger partial charge is 0.418 e. The number of hydrogen-bond acceptors (Lipinski definition) is 4. The molecule has 0 saturated heterocycles. The second-order valence-electron chi connectivity index (χ2n) is 6.50. The molecule has 1 amide bonds. The van der Waals surface area contributed by atoms with Crippen LogP contribution in [0.4, 0.5) is 26.3 Å². The van der Waals surface area contributed by atoms with Crippen LogP contribution in [0.1, 0.15) is 44.5 Å². The molecule has 5 nitrogen and oxygen atoms in total. The predicted octanol–water partition coefficient (Wildman–Crippen LogP) is 4.91. The topological polar surface area (TPSA) is 78.7 Å². The lowest BCUT2D eigenvalue weighted by Gasteiger charge is -2.22. The van der Waals surface area contributed by atoms with Crippen LogP contribution in [-0.2, 0) is 12.4 Å². The molecule has 0 aliphatic carbocycles. The molecule has 3 aromatic rings. The van der Waals surface area contributed by atoms with Crippen LogP contribution in [-0.4, -0.2) is 15.9 Å². The Hall–Kier alpha value is -3.94. The summed E-state index contributed by atoms with van der Waals surface area (Å²) in [5.41, 5.74) is -2.85. The number of aromatic nitrogens is 2. The molecule has 0 bridgehead atoms. The minimum atomic E-state index is -4.83. The standard InChI is InChI=1S/C21H12F6N4O/c22-20(23,24)14-6-4-13(5-7-14)17(18-15(21(25,26)27)2-1-9-29-18)31-19(32)16-8-3-12(10-28)11-30-16/h1-9,11,17H,(H,31,32)/t17-/m0/s1. The highest BCUT2D eigenvalue weighted by atomic mass is 19.4. The van der Waals surface area contributed by atoms with E-state index < -0.39 is 41.1 Å². The zero-order valence-corrected chi connectivity index (χ0v) is 15.9. The Kier molecular flexibility index (Phi) is 6.16. The zero-order valence-electron chi connectivity index (χ0n) is 15.9. The van der Waals surface area contributed by atoms with Gasteiger partial charge in [-0.3, -0.25) is 9.78 Å². The van der Waals surface area contributed by atoms with E-state index in [1.807, 2.05) is 0 Å². The molecule has 2 aromatic heterocycles. The first-order valence-electron chi connectivity index (χ1n) is 8.87. The fraction of sp³-hybridized carbons (Fsp3) is 0.143. The second kappa shape index (κ2) is 8.66. The van der Waals surface area contributed by atoms with Gasteiger partial charge >= 0.3 is 12.4 Å². The van der Waals surface area contributed by atoms with E-state index in [4.69, 9.17) is 5.26 Å². The monoisotopic (exact) mass is 450 g/mol. The lowest BCUT2D eigenvalue weighted by Crippen LogP contribution is -2.32.